The van der Waals surface area contributed by atoms with Crippen molar-refractivity contribution in [2.45, 2.75) is 26.2 Å². The lowest BCUT2D eigenvalue weighted by Gasteiger charge is -2.28. The summed E-state index contributed by atoms with van der Waals surface area (Å²) in [6, 6.07) is 15.3. The Bertz CT molecular complexity index is 1720. The average Bonchev–Trinajstić information content (AvgIpc) is 2.95. The maximum atomic E-state index is 13.6. The van der Waals surface area contributed by atoms with Crippen LogP contribution in [0.15, 0.2) is 81.3 Å². The molecule has 0 saturated carbocycles. The Hall–Kier alpha value is -5.14. The smallest absolute Gasteiger partial charge is 0.387 e. The number of aliphatic imine (C=N–C) groups is 1. The van der Waals surface area contributed by atoms with Crippen LogP contribution in [0.3, 0.4) is 0 Å². The van der Waals surface area contributed by atoms with Gasteiger partial charge in [-0.2, -0.15) is 13.8 Å². The van der Waals surface area contributed by atoms with Crippen molar-refractivity contribution in [1.82, 2.24) is 19.0 Å². The largest absolute Gasteiger partial charge is 0.435 e. The summed E-state index contributed by atoms with van der Waals surface area (Å²) >= 11 is 0. The van der Waals surface area contributed by atoms with Crippen LogP contribution in [-0.2, 0) is 19.6 Å². The Morgan fingerprint density at radius 1 is 0.905 bits per heavy atom. The van der Waals surface area contributed by atoms with Gasteiger partial charge in [0.25, 0.3) is 0 Å². The molecule has 14 heteroatoms. The highest BCUT2D eigenvalue weighted by Crippen LogP contribution is 2.26. The topological polar surface area (TPSA) is 120 Å². The molecule has 0 atom stereocenters. The molecule has 1 aromatic heterocycles. The lowest BCUT2D eigenvalue weighted by Crippen LogP contribution is -2.44. The fourth-order valence-corrected chi connectivity index (χ4v) is 4.43. The Balaban J connectivity index is 1.39. The maximum absolute atomic E-state index is 13.6. The molecule has 0 fully saturated rings. The van der Waals surface area contributed by atoms with E-state index in [1.54, 1.807) is 11.0 Å². The molecule has 0 aliphatic carbocycles. The van der Waals surface area contributed by atoms with Crippen LogP contribution in [0.5, 0.6) is 5.75 Å². The molecule has 0 amide bonds. The summed E-state index contributed by atoms with van der Waals surface area (Å²) < 4.78 is 58.6. The van der Waals surface area contributed by atoms with Gasteiger partial charge in [-0.15, -0.1) is 0 Å². The molecule has 4 aromatic rings. The third-order valence-corrected chi connectivity index (χ3v) is 6.53. The molecule has 3 aromatic carbocycles. The van der Waals surface area contributed by atoms with E-state index in [4.69, 9.17) is 5.73 Å². The van der Waals surface area contributed by atoms with Crippen LogP contribution in [0.4, 0.5) is 29.2 Å². The molecular formula is C28H25F4N7O3. The Kier molecular flexibility index (Phi) is 8.22. The summed E-state index contributed by atoms with van der Waals surface area (Å²) in [6.07, 6.45) is 0. The van der Waals surface area contributed by atoms with Crippen LogP contribution >= 0.6 is 0 Å². The van der Waals surface area contributed by atoms with Crippen molar-refractivity contribution in [3.05, 3.63) is 116 Å². The van der Waals surface area contributed by atoms with Crippen molar-refractivity contribution in [2.75, 3.05) is 18.4 Å². The Labute approximate surface area is 236 Å². The summed E-state index contributed by atoms with van der Waals surface area (Å²) in [6.45, 7) is -2.31. The number of fused-ring (bicyclic) bond motifs is 1. The number of hydrogen-bond donors (Lipinski definition) is 2. The fraction of sp³-hybridized carbons (Fsp3) is 0.214. The van der Waals surface area contributed by atoms with E-state index in [1.807, 2.05) is 0 Å². The number of anilines is 1. The first kappa shape index (κ1) is 28.4. The summed E-state index contributed by atoms with van der Waals surface area (Å²) in [5.74, 6) is -0.779. The number of ether oxygens (including phenoxy) is 1. The third-order valence-electron chi connectivity index (χ3n) is 6.53. The standard InChI is InChI=1S/C28H25F4N7O3/c29-20-6-1-17(2-7-20)15-39-27(40)36-26(38(28(39)41)14-18-3-9-22(10-4-18)42-24(31)32)34-11-12-37-16-19-5-8-21(30)13-23(19)35-25(37)33/h1-10,13,24H,11-12,14-16H2,(H2,33,35)(H,34,36,40). The van der Waals surface area contributed by atoms with Crippen LogP contribution in [0, 0.1) is 11.6 Å². The molecule has 0 spiro atoms. The molecule has 0 unspecified atom stereocenters. The molecule has 1 aliphatic heterocycles. The zero-order valence-corrected chi connectivity index (χ0v) is 22.0. The van der Waals surface area contributed by atoms with E-state index >= 15 is 0 Å². The van der Waals surface area contributed by atoms with Crippen LogP contribution in [0.1, 0.15) is 16.7 Å². The van der Waals surface area contributed by atoms with Gasteiger partial charge in [-0.1, -0.05) is 30.3 Å². The van der Waals surface area contributed by atoms with Gasteiger partial charge in [-0.05, 0) is 53.1 Å². The summed E-state index contributed by atoms with van der Waals surface area (Å²) in [5.41, 5.74) is 6.85. The number of aromatic nitrogens is 3. The SMILES string of the molecule is NC1=Nc2cc(F)ccc2CN1CCNc1nc(=O)n(Cc2ccc(F)cc2)c(=O)n1Cc1ccc(OC(F)F)cc1. The van der Waals surface area contributed by atoms with Gasteiger partial charge in [0.1, 0.15) is 17.4 Å². The number of nitrogens with zero attached hydrogens (tertiary/aromatic N) is 5. The number of benzene rings is 3. The number of halogens is 4. The van der Waals surface area contributed by atoms with E-state index in [0.29, 0.717) is 29.9 Å². The van der Waals surface area contributed by atoms with Gasteiger partial charge in [0.2, 0.25) is 5.95 Å². The Morgan fingerprint density at radius 3 is 2.24 bits per heavy atom. The second kappa shape index (κ2) is 12.2. The van der Waals surface area contributed by atoms with Crippen LogP contribution < -0.4 is 27.2 Å². The zero-order valence-electron chi connectivity index (χ0n) is 22.0. The summed E-state index contributed by atoms with van der Waals surface area (Å²) in [4.78, 5) is 36.5. The van der Waals surface area contributed by atoms with Crippen LogP contribution in [-0.4, -0.2) is 44.7 Å². The highest BCUT2D eigenvalue weighted by Gasteiger charge is 2.19. The predicted octanol–water partition coefficient (Wildman–Crippen LogP) is 3.26. The third kappa shape index (κ3) is 6.59. The van der Waals surface area contributed by atoms with Crippen molar-refractivity contribution in [3.8, 4) is 5.75 Å². The van der Waals surface area contributed by atoms with E-state index in [9.17, 15) is 27.2 Å². The number of alkyl halides is 2. The second-order valence-electron chi connectivity index (χ2n) is 9.41. The molecule has 0 saturated heterocycles. The number of rotatable bonds is 10. The fourth-order valence-electron chi connectivity index (χ4n) is 4.43. The monoisotopic (exact) mass is 583 g/mol. The number of nitrogens with two attached hydrogens (primary N) is 1. The highest BCUT2D eigenvalue weighted by molar-refractivity contribution is 5.83. The predicted molar refractivity (Wildman–Crippen MR) is 147 cm³/mol. The first-order valence-corrected chi connectivity index (χ1v) is 12.8. The molecule has 2 heterocycles. The maximum Gasteiger partial charge on any atom is 0.387 e. The minimum absolute atomic E-state index is 0.0248. The van der Waals surface area contributed by atoms with Crippen LogP contribution in [0.25, 0.3) is 0 Å². The molecule has 1 aliphatic rings. The summed E-state index contributed by atoms with van der Waals surface area (Å²) in [7, 11) is 0. The normalized spacial score (nSPS) is 12.7. The molecule has 5 rings (SSSR count). The van der Waals surface area contributed by atoms with Gasteiger partial charge in [-0.3, -0.25) is 4.57 Å². The van der Waals surface area contributed by atoms with Crippen molar-refractivity contribution in [2.24, 2.45) is 10.7 Å². The highest BCUT2D eigenvalue weighted by atomic mass is 19.3. The molecule has 0 radical (unpaired) electrons. The van der Waals surface area contributed by atoms with E-state index in [-0.39, 0.29) is 37.3 Å². The van der Waals surface area contributed by atoms with Gasteiger partial charge in [0.05, 0.1) is 18.8 Å². The molecule has 42 heavy (non-hydrogen) atoms. The van der Waals surface area contributed by atoms with Crippen molar-refractivity contribution in [1.29, 1.82) is 0 Å². The van der Waals surface area contributed by atoms with Crippen LogP contribution in [0.2, 0.25) is 0 Å². The van der Waals surface area contributed by atoms with Gasteiger partial charge in [0, 0.05) is 19.6 Å². The van der Waals surface area contributed by atoms with Crippen molar-refractivity contribution >= 4 is 17.6 Å². The average molecular weight is 584 g/mol. The molecule has 0 bridgehead atoms. The first-order chi connectivity index (χ1) is 20.2. The van der Waals surface area contributed by atoms with E-state index in [0.717, 1.165) is 10.1 Å². The van der Waals surface area contributed by atoms with Gasteiger partial charge in [0.15, 0.2) is 5.96 Å². The Morgan fingerprint density at radius 2 is 1.55 bits per heavy atom. The van der Waals surface area contributed by atoms with Gasteiger partial charge >= 0.3 is 18.0 Å². The van der Waals surface area contributed by atoms with E-state index < -0.39 is 29.6 Å². The minimum atomic E-state index is -2.98. The first-order valence-electron chi connectivity index (χ1n) is 12.8. The van der Waals surface area contributed by atoms with Crippen molar-refractivity contribution < 1.29 is 22.3 Å². The molecule has 10 nitrogen and oxygen atoms in total. The zero-order chi connectivity index (χ0) is 29.8. The van der Waals surface area contributed by atoms with Crippen molar-refractivity contribution in [3.63, 3.8) is 0 Å². The van der Waals surface area contributed by atoms with Gasteiger partial charge < -0.3 is 20.7 Å². The van der Waals surface area contributed by atoms with Gasteiger partial charge in [-0.25, -0.2) is 27.9 Å². The quantitative estimate of drug-likeness (QED) is 0.275. The lowest BCUT2D eigenvalue weighted by molar-refractivity contribution is -0.0498. The molecule has 3 N–H and O–H groups in total. The number of nitrogens with one attached hydrogen (secondary N) is 1. The minimum Gasteiger partial charge on any atom is -0.435 e. The molecule has 218 valence electrons. The number of hydrogen-bond acceptors (Lipinski definition) is 8. The summed E-state index contributed by atoms with van der Waals surface area (Å²) in [5, 5.41) is 3.00. The number of guanidine groups is 1. The lowest BCUT2D eigenvalue weighted by atomic mass is 10.1. The molecular weight excluding hydrogens is 558 g/mol. The van der Waals surface area contributed by atoms with E-state index in [1.165, 1.54) is 65.2 Å². The second-order valence-corrected chi connectivity index (χ2v) is 9.41. The van der Waals surface area contributed by atoms with E-state index in [2.05, 4.69) is 20.0 Å².